The molecular weight excluding hydrogens is 439 g/mol. The van der Waals surface area contributed by atoms with Gasteiger partial charge in [0, 0.05) is 28.1 Å². The lowest BCUT2D eigenvalue weighted by atomic mass is 10.0. The van der Waals surface area contributed by atoms with E-state index in [2.05, 4.69) is 11.8 Å². The predicted molar refractivity (Wildman–Crippen MR) is 128 cm³/mol. The number of rotatable bonds is 6. The number of aryl methyl sites for hydroxylation is 2. The van der Waals surface area contributed by atoms with Crippen molar-refractivity contribution in [2.45, 2.75) is 52.2 Å². The summed E-state index contributed by atoms with van der Waals surface area (Å²) in [7, 11) is 1.69. The van der Waals surface area contributed by atoms with Gasteiger partial charge in [-0.15, -0.1) is 5.92 Å². The number of benzene rings is 2. The van der Waals surface area contributed by atoms with E-state index >= 15 is 0 Å². The van der Waals surface area contributed by atoms with Crippen molar-refractivity contribution in [1.29, 1.82) is 0 Å². The maximum absolute atomic E-state index is 6.16. The third-order valence-electron chi connectivity index (χ3n) is 5.02. The number of methoxy groups -OCH3 is 1. The average Bonchev–Trinajstić information content (AvgIpc) is 3.14. The molecule has 0 aromatic heterocycles. The average molecular weight is 468 g/mol. The molecule has 3 rings (SSSR count). The minimum Gasteiger partial charge on any atom is -0.380 e. The zero-order valence-corrected chi connectivity index (χ0v) is 20.1. The van der Waals surface area contributed by atoms with Crippen LogP contribution in [0.4, 0.5) is 0 Å². The molecule has 30 heavy (non-hydrogen) atoms. The van der Waals surface area contributed by atoms with E-state index in [0.29, 0.717) is 23.7 Å². The molecule has 2 aromatic rings. The predicted octanol–water partition coefficient (Wildman–Crippen LogP) is 7.54. The number of halogens is 3. The Hall–Kier alpha value is -1.21. The topological polar surface area (TPSA) is 18.5 Å². The summed E-state index contributed by atoms with van der Waals surface area (Å²) in [6.45, 7) is 5.35. The van der Waals surface area contributed by atoms with Gasteiger partial charge in [-0.25, -0.2) is 0 Å². The standard InChI is InChI=1S/C16H18Cl2O.C9H11ClO/c1-2-4-12-9-15(19-11-12)6-3-5-13-7-8-14(17)10-16(13)18;1-7-5-9(10)4-3-8(7)6-11-2/h7-8,10,12,15H,3,5-6,9,11H2,1H3;3-5H,6H2,1-2H3. The molecule has 1 aliphatic rings. The van der Waals surface area contributed by atoms with Crippen LogP contribution in [0.1, 0.15) is 42.9 Å². The van der Waals surface area contributed by atoms with Gasteiger partial charge in [0.05, 0.1) is 19.3 Å². The van der Waals surface area contributed by atoms with Crippen LogP contribution in [0, 0.1) is 24.7 Å². The monoisotopic (exact) mass is 466 g/mol. The van der Waals surface area contributed by atoms with Gasteiger partial charge in [0.25, 0.3) is 0 Å². The van der Waals surface area contributed by atoms with Crippen LogP contribution in [0.15, 0.2) is 36.4 Å². The molecule has 1 fully saturated rings. The van der Waals surface area contributed by atoms with Crippen LogP contribution < -0.4 is 0 Å². The zero-order chi connectivity index (χ0) is 21.9. The van der Waals surface area contributed by atoms with Gasteiger partial charge in [-0.1, -0.05) is 52.9 Å². The summed E-state index contributed by atoms with van der Waals surface area (Å²) in [6.07, 6.45) is 4.55. The fourth-order valence-corrected chi connectivity index (χ4v) is 4.16. The first-order valence-electron chi connectivity index (χ1n) is 10.1. The first-order chi connectivity index (χ1) is 14.4. The van der Waals surface area contributed by atoms with Crippen molar-refractivity contribution in [1.82, 2.24) is 0 Å². The molecule has 0 aliphatic carbocycles. The lowest BCUT2D eigenvalue weighted by molar-refractivity contribution is 0.100. The van der Waals surface area contributed by atoms with Gasteiger partial charge >= 0.3 is 0 Å². The van der Waals surface area contributed by atoms with Crippen molar-refractivity contribution in [2.24, 2.45) is 5.92 Å². The van der Waals surface area contributed by atoms with Crippen LogP contribution in [0.2, 0.25) is 15.1 Å². The highest BCUT2D eigenvalue weighted by Gasteiger charge is 2.23. The Kier molecular flexibility index (Phi) is 11.1. The summed E-state index contributed by atoms with van der Waals surface area (Å²) in [6, 6.07) is 11.5. The van der Waals surface area contributed by atoms with Crippen molar-refractivity contribution in [2.75, 3.05) is 13.7 Å². The Balaban J connectivity index is 0.000000248. The van der Waals surface area contributed by atoms with Crippen LogP contribution >= 0.6 is 34.8 Å². The molecule has 162 valence electrons. The Bertz CT molecular complexity index is 870. The van der Waals surface area contributed by atoms with Gasteiger partial charge in [0.2, 0.25) is 0 Å². The smallest absolute Gasteiger partial charge is 0.0715 e. The molecule has 2 unspecified atom stereocenters. The molecule has 5 heteroatoms. The molecule has 2 atom stereocenters. The number of hydrogen-bond donors (Lipinski definition) is 0. The van der Waals surface area contributed by atoms with Gasteiger partial charge in [-0.2, -0.15) is 0 Å². The van der Waals surface area contributed by atoms with E-state index in [4.69, 9.17) is 44.3 Å². The SMILES string of the molecule is CC#CC1COC(CCCc2ccc(Cl)cc2Cl)C1.COCc1ccc(Cl)cc1C. The summed E-state index contributed by atoms with van der Waals surface area (Å²) in [4.78, 5) is 0. The van der Waals surface area contributed by atoms with Crippen LogP contribution in [0.5, 0.6) is 0 Å². The summed E-state index contributed by atoms with van der Waals surface area (Å²) in [5.74, 6) is 6.58. The minimum absolute atomic E-state index is 0.358. The summed E-state index contributed by atoms with van der Waals surface area (Å²) in [5, 5.41) is 2.23. The molecule has 1 heterocycles. The van der Waals surface area contributed by atoms with E-state index in [9.17, 15) is 0 Å². The van der Waals surface area contributed by atoms with Crippen molar-refractivity contribution >= 4 is 34.8 Å². The zero-order valence-electron chi connectivity index (χ0n) is 17.8. The fourth-order valence-electron chi connectivity index (χ4n) is 3.43. The second-order valence-corrected chi connectivity index (χ2v) is 8.69. The molecule has 1 aliphatic heterocycles. The van der Waals surface area contributed by atoms with Gasteiger partial charge in [0.1, 0.15) is 0 Å². The van der Waals surface area contributed by atoms with Gasteiger partial charge in [-0.05, 0) is 80.5 Å². The van der Waals surface area contributed by atoms with Crippen molar-refractivity contribution in [3.05, 3.63) is 68.2 Å². The van der Waals surface area contributed by atoms with E-state index < -0.39 is 0 Å². The molecule has 0 spiro atoms. The van der Waals surface area contributed by atoms with E-state index in [-0.39, 0.29) is 0 Å². The number of hydrogen-bond acceptors (Lipinski definition) is 2. The molecule has 0 N–H and O–H groups in total. The van der Waals surface area contributed by atoms with Crippen LogP contribution in [0.25, 0.3) is 0 Å². The lowest BCUT2D eigenvalue weighted by Gasteiger charge is -2.09. The third-order valence-corrected chi connectivity index (χ3v) is 5.84. The van der Waals surface area contributed by atoms with E-state index in [1.54, 1.807) is 13.2 Å². The van der Waals surface area contributed by atoms with Crippen molar-refractivity contribution in [3.63, 3.8) is 0 Å². The molecule has 0 saturated carbocycles. The molecule has 0 amide bonds. The maximum atomic E-state index is 6.16. The van der Waals surface area contributed by atoms with Crippen molar-refractivity contribution in [3.8, 4) is 11.8 Å². The first-order valence-corrected chi connectivity index (χ1v) is 11.3. The van der Waals surface area contributed by atoms with Crippen LogP contribution in [-0.2, 0) is 22.5 Å². The third kappa shape index (κ3) is 8.50. The van der Waals surface area contributed by atoms with Gasteiger partial charge < -0.3 is 9.47 Å². The molecule has 2 aromatic carbocycles. The maximum Gasteiger partial charge on any atom is 0.0715 e. The second kappa shape index (κ2) is 13.3. The largest absolute Gasteiger partial charge is 0.380 e. The van der Waals surface area contributed by atoms with Crippen molar-refractivity contribution < 1.29 is 9.47 Å². The number of ether oxygens (including phenoxy) is 2. The second-order valence-electron chi connectivity index (χ2n) is 7.41. The summed E-state index contributed by atoms with van der Waals surface area (Å²) >= 11 is 17.8. The Morgan fingerprint density at radius 3 is 2.40 bits per heavy atom. The Labute approximate surface area is 195 Å². The lowest BCUT2D eigenvalue weighted by Crippen LogP contribution is -2.05. The summed E-state index contributed by atoms with van der Waals surface area (Å²) < 4.78 is 10.8. The van der Waals surface area contributed by atoms with Crippen LogP contribution in [0.3, 0.4) is 0 Å². The molecular formula is C25H29Cl3O2. The molecule has 1 saturated heterocycles. The normalized spacial score (nSPS) is 17.7. The minimum atomic E-state index is 0.358. The van der Waals surface area contributed by atoms with Crippen LogP contribution in [-0.4, -0.2) is 19.8 Å². The Morgan fingerprint density at radius 1 is 1.07 bits per heavy atom. The molecule has 2 nitrogen and oxygen atoms in total. The van der Waals surface area contributed by atoms with E-state index in [1.807, 2.05) is 44.2 Å². The van der Waals surface area contributed by atoms with E-state index in [1.165, 1.54) is 11.1 Å². The van der Waals surface area contributed by atoms with Gasteiger partial charge in [-0.3, -0.25) is 0 Å². The fraction of sp³-hybridized carbons (Fsp3) is 0.440. The molecule has 0 bridgehead atoms. The Morgan fingerprint density at radius 2 is 1.77 bits per heavy atom. The highest BCUT2D eigenvalue weighted by Crippen LogP contribution is 2.26. The highest BCUT2D eigenvalue weighted by molar-refractivity contribution is 6.35. The molecule has 0 radical (unpaired) electrons. The quantitative estimate of drug-likeness (QED) is 0.408. The highest BCUT2D eigenvalue weighted by atomic mass is 35.5. The summed E-state index contributed by atoms with van der Waals surface area (Å²) in [5.41, 5.74) is 3.53. The van der Waals surface area contributed by atoms with E-state index in [0.717, 1.165) is 47.9 Å². The first kappa shape index (κ1) is 25.1. The van der Waals surface area contributed by atoms with Gasteiger partial charge in [0.15, 0.2) is 0 Å².